The maximum Gasteiger partial charge on any atom is 0.330 e. The van der Waals surface area contributed by atoms with Gasteiger partial charge in [0.25, 0.3) is 5.56 Å². The SMILES string of the molecule is CC(C)CN(C(=O)CNC1CCCCC1C)c1c(N)n(CC(C)C)c(=O)[nH]c1=O. The molecule has 8 heteroatoms. The number of nitrogens with two attached hydrogens (primary N) is 1. The van der Waals surface area contributed by atoms with Gasteiger partial charge in [0.1, 0.15) is 5.82 Å². The largest absolute Gasteiger partial charge is 0.383 e. The number of nitrogen functional groups attached to an aromatic ring is 1. The van der Waals surface area contributed by atoms with Crippen molar-refractivity contribution in [3.05, 3.63) is 20.8 Å². The molecule has 1 aromatic heterocycles. The molecule has 1 aliphatic carbocycles. The zero-order chi connectivity index (χ0) is 21.7. The van der Waals surface area contributed by atoms with Crippen molar-refractivity contribution < 1.29 is 4.79 Å². The zero-order valence-electron chi connectivity index (χ0n) is 18.5. The molecular weight excluding hydrogens is 370 g/mol. The fourth-order valence-corrected chi connectivity index (χ4v) is 4.00. The summed E-state index contributed by atoms with van der Waals surface area (Å²) in [4.78, 5) is 41.8. The van der Waals surface area contributed by atoms with Crippen LogP contribution in [0.5, 0.6) is 0 Å². The fraction of sp³-hybridized carbons (Fsp3) is 0.762. The van der Waals surface area contributed by atoms with Crippen LogP contribution in [-0.2, 0) is 11.3 Å². The van der Waals surface area contributed by atoms with Gasteiger partial charge >= 0.3 is 5.69 Å². The summed E-state index contributed by atoms with van der Waals surface area (Å²) in [5.74, 6) is 0.668. The van der Waals surface area contributed by atoms with Crippen LogP contribution < -0.4 is 27.2 Å². The molecule has 4 N–H and O–H groups in total. The van der Waals surface area contributed by atoms with Gasteiger partial charge in [-0.2, -0.15) is 0 Å². The topological polar surface area (TPSA) is 113 Å². The molecular formula is C21H37N5O3. The third kappa shape index (κ3) is 5.95. The Morgan fingerprint density at radius 1 is 1.21 bits per heavy atom. The van der Waals surface area contributed by atoms with Crippen molar-refractivity contribution in [2.45, 2.75) is 72.9 Å². The van der Waals surface area contributed by atoms with E-state index in [0.29, 0.717) is 25.0 Å². The first-order valence-electron chi connectivity index (χ1n) is 10.8. The molecule has 0 spiro atoms. The predicted octanol–water partition coefficient (Wildman–Crippen LogP) is 1.93. The third-order valence-electron chi connectivity index (χ3n) is 5.51. The lowest BCUT2D eigenvalue weighted by atomic mass is 9.86. The van der Waals surface area contributed by atoms with E-state index < -0.39 is 11.2 Å². The minimum atomic E-state index is -0.618. The van der Waals surface area contributed by atoms with E-state index in [4.69, 9.17) is 5.73 Å². The van der Waals surface area contributed by atoms with Gasteiger partial charge < -0.3 is 16.0 Å². The molecule has 29 heavy (non-hydrogen) atoms. The summed E-state index contributed by atoms with van der Waals surface area (Å²) in [5, 5.41) is 3.38. The van der Waals surface area contributed by atoms with E-state index in [2.05, 4.69) is 17.2 Å². The first kappa shape index (κ1) is 23.2. The maximum atomic E-state index is 13.1. The van der Waals surface area contributed by atoms with Crippen LogP contribution in [0.2, 0.25) is 0 Å². The van der Waals surface area contributed by atoms with Gasteiger partial charge in [-0.1, -0.05) is 47.5 Å². The number of nitrogens with one attached hydrogen (secondary N) is 2. The summed E-state index contributed by atoms with van der Waals surface area (Å²) >= 11 is 0. The van der Waals surface area contributed by atoms with Crippen LogP contribution in [0.1, 0.15) is 60.3 Å². The van der Waals surface area contributed by atoms with Gasteiger partial charge in [-0.15, -0.1) is 0 Å². The molecule has 1 aromatic rings. The normalized spacial score (nSPS) is 19.7. The molecule has 1 amide bonds. The molecule has 0 bridgehead atoms. The van der Waals surface area contributed by atoms with Crippen molar-refractivity contribution in [2.75, 3.05) is 23.7 Å². The molecule has 1 heterocycles. The Balaban J connectivity index is 2.32. The van der Waals surface area contributed by atoms with Gasteiger partial charge in [0.2, 0.25) is 5.91 Å². The lowest BCUT2D eigenvalue weighted by Gasteiger charge is -2.31. The number of anilines is 2. The molecule has 164 valence electrons. The summed E-state index contributed by atoms with van der Waals surface area (Å²) in [7, 11) is 0. The summed E-state index contributed by atoms with van der Waals surface area (Å²) in [5.41, 5.74) is 5.15. The van der Waals surface area contributed by atoms with Gasteiger partial charge in [-0.05, 0) is 30.6 Å². The molecule has 0 saturated heterocycles. The van der Waals surface area contributed by atoms with Crippen molar-refractivity contribution in [3.8, 4) is 0 Å². The van der Waals surface area contributed by atoms with Crippen molar-refractivity contribution in [2.24, 2.45) is 17.8 Å². The number of carbonyl (C=O) groups excluding carboxylic acids is 1. The molecule has 1 saturated carbocycles. The number of hydrogen-bond donors (Lipinski definition) is 3. The van der Waals surface area contributed by atoms with Crippen molar-refractivity contribution in [1.82, 2.24) is 14.9 Å². The highest BCUT2D eigenvalue weighted by molar-refractivity contribution is 5.96. The minimum Gasteiger partial charge on any atom is -0.383 e. The van der Waals surface area contributed by atoms with Crippen LogP contribution in [0.3, 0.4) is 0 Å². The quantitative estimate of drug-likeness (QED) is 0.609. The maximum absolute atomic E-state index is 13.1. The summed E-state index contributed by atoms with van der Waals surface area (Å²) in [6.45, 7) is 11.0. The highest BCUT2D eigenvalue weighted by Gasteiger charge is 2.27. The second kappa shape index (κ2) is 10.1. The number of rotatable bonds is 8. The van der Waals surface area contributed by atoms with Crippen LogP contribution in [-0.4, -0.2) is 34.6 Å². The first-order valence-corrected chi connectivity index (χ1v) is 10.8. The van der Waals surface area contributed by atoms with Gasteiger partial charge in [-0.25, -0.2) is 4.79 Å². The number of carbonyl (C=O) groups is 1. The lowest BCUT2D eigenvalue weighted by molar-refractivity contribution is -0.118. The van der Waals surface area contributed by atoms with Crippen molar-refractivity contribution in [1.29, 1.82) is 0 Å². The van der Waals surface area contributed by atoms with E-state index in [1.807, 2.05) is 27.7 Å². The Morgan fingerprint density at radius 2 is 1.86 bits per heavy atom. The van der Waals surface area contributed by atoms with Crippen molar-refractivity contribution >= 4 is 17.4 Å². The summed E-state index contributed by atoms with van der Waals surface area (Å²) in [6, 6.07) is 0.305. The van der Waals surface area contributed by atoms with E-state index in [1.165, 1.54) is 22.3 Å². The Bertz CT molecular complexity index is 812. The monoisotopic (exact) mass is 407 g/mol. The zero-order valence-corrected chi connectivity index (χ0v) is 18.5. The molecule has 2 rings (SSSR count). The third-order valence-corrected chi connectivity index (χ3v) is 5.51. The van der Waals surface area contributed by atoms with E-state index in [1.54, 1.807) is 0 Å². The van der Waals surface area contributed by atoms with Crippen LogP contribution in [0.25, 0.3) is 0 Å². The number of aromatic nitrogens is 2. The first-order chi connectivity index (χ1) is 13.6. The van der Waals surface area contributed by atoms with E-state index in [9.17, 15) is 14.4 Å². The molecule has 0 aliphatic heterocycles. The molecule has 2 atom stereocenters. The number of nitrogens with zero attached hydrogens (tertiary/aromatic N) is 2. The fourth-order valence-electron chi connectivity index (χ4n) is 4.00. The molecule has 1 fully saturated rings. The molecule has 0 aromatic carbocycles. The second-order valence-electron chi connectivity index (χ2n) is 9.14. The van der Waals surface area contributed by atoms with Gasteiger partial charge in [0, 0.05) is 19.1 Å². The average molecular weight is 408 g/mol. The number of hydrogen-bond acceptors (Lipinski definition) is 5. The molecule has 0 radical (unpaired) electrons. The van der Waals surface area contributed by atoms with Crippen LogP contribution in [0.4, 0.5) is 11.5 Å². The van der Waals surface area contributed by atoms with Crippen LogP contribution in [0.15, 0.2) is 9.59 Å². The Morgan fingerprint density at radius 3 is 2.45 bits per heavy atom. The Labute approximate surface area is 172 Å². The molecule has 2 unspecified atom stereocenters. The highest BCUT2D eigenvalue weighted by atomic mass is 16.2. The Kier molecular flexibility index (Phi) is 8.07. The summed E-state index contributed by atoms with van der Waals surface area (Å²) in [6.07, 6.45) is 4.61. The van der Waals surface area contributed by atoms with E-state index in [-0.39, 0.29) is 35.8 Å². The highest BCUT2D eigenvalue weighted by Crippen LogP contribution is 2.24. The van der Waals surface area contributed by atoms with Gasteiger partial charge in [-0.3, -0.25) is 19.1 Å². The average Bonchev–Trinajstić information content (AvgIpc) is 2.62. The van der Waals surface area contributed by atoms with Crippen LogP contribution >= 0.6 is 0 Å². The minimum absolute atomic E-state index is 0.0486. The second-order valence-corrected chi connectivity index (χ2v) is 9.14. The summed E-state index contributed by atoms with van der Waals surface area (Å²) < 4.78 is 1.35. The van der Waals surface area contributed by atoms with E-state index >= 15 is 0 Å². The smallest absolute Gasteiger partial charge is 0.330 e. The number of aromatic amines is 1. The lowest BCUT2D eigenvalue weighted by Crippen LogP contribution is -2.48. The predicted molar refractivity (Wildman–Crippen MR) is 117 cm³/mol. The van der Waals surface area contributed by atoms with Gasteiger partial charge in [0.05, 0.1) is 6.54 Å². The van der Waals surface area contributed by atoms with E-state index in [0.717, 1.165) is 12.8 Å². The van der Waals surface area contributed by atoms with Crippen molar-refractivity contribution in [3.63, 3.8) is 0 Å². The molecule has 8 nitrogen and oxygen atoms in total. The number of amides is 1. The van der Waals surface area contributed by atoms with Crippen LogP contribution in [0, 0.1) is 17.8 Å². The standard InChI is InChI=1S/C21H37N5O3/c1-13(2)11-25(17(27)10-23-16-9-7-6-8-15(16)5)18-19(22)26(12-14(3)4)21(29)24-20(18)28/h13-16,23H,6-12,22H2,1-5H3,(H,24,28,29). The van der Waals surface area contributed by atoms with Gasteiger partial charge in [0.15, 0.2) is 5.69 Å². The Hall–Kier alpha value is -2.09. The molecule has 1 aliphatic rings. The number of H-pyrrole nitrogens is 1.